The molecule has 5 N–H and O–H groups in total. The van der Waals surface area contributed by atoms with Gasteiger partial charge in [0.15, 0.2) is 0 Å². The van der Waals surface area contributed by atoms with Crippen molar-refractivity contribution in [3.05, 3.63) is 18.2 Å². The van der Waals surface area contributed by atoms with Gasteiger partial charge in [0.1, 0.15) is 10.9 Å². The molecule has 1 heterocycles. The maximum atomic E-state index is 12.0. The summed E-state index contributed by atoms with van der Waals surface area (Å²) in [5.74, 6) is -0.124. The quantitative estimate of drug-likeness (QED) is 0.578. The maximum absolute atomic E-state index is 12.0. The van der Waals surface area contributed by atoms with Crippen LogP contribution in [0.15, 0.2) is 23.1 Å². The Morgan fingerprint density at radius 2 is 2.15 bits per heavy atom. The number of rotatable bonds is 4. The van der Waals surface area contributed by atoms with Crippen molar-refractivity contribution in [3.8, 4) is 0 Å². The number of sulfonamides is 1. The second kappa shape index (κ2) is 5.68. The van der Waals surface area contributed by atoms with Crippen molar-refractivity contribution in [2.75, 3.05) is 24.6 Å². The standard InChI is InChI=1S/C12H18N4O3S/c1-14-20(18,19)11-7-8(13)4-5-9(11)16-10-3-2-6-15-12(10)17/h4-5,7,10,14,16H,2-3,6,13H2,1H3,(H,15,17). The molecule has 1 unspecified atom stereocenters. The van der Waals surface area contributed by atoms with E-state index in [1.807, 2.05) is 0 Å². The lowest BCUT2D eigenvalue weighted by Gasteiger charge is -2.24. The van der Waals surface area contributed by atoms with E-state index in [0.29, 0.717) is 24.3 Å². The first-order valence-corrected chi connectivity index (χ1v) is 7.79. The molecule has 20 heavy (non-hydrogen) atoms. The molecule has 1 atom stereocenters. The number of hydrogen-bond donors (Lipinski definition) is 4. The molecule has 0 radical (unpaired) electrons. The van der Waals surface area contributed by atoms with Gasteiger partial charge in [-0.05, 0) is 38.1 Å². The Labute approximate surface area is 118 Å². The van der Waals surface area contributed by atoms with Crippen molar-refractivity contribution in [2.24, 2.45) is 0 Å². The number of benzene rings is 1. The monoisotopic (exact) mass is 298 g/mol. The first-order chi connectivity index (χ1) is 9.44. The zero-order valence-corrected chi connectivity index (χ0v) is 12.0. The second-order valence-electron chi connectivity index (χ2n) is 4.59. The number of carbonyl (C=O) groups excluding carboxylic acids is 1. The van der Waals surface area contributed by atoms with Crippen LogP contribution in [0, 0.1) is 0 Å². The van der Waals surface area contributed by atoms with Gasteiger partial charge < -0.3 is 16.4 Å². The maximum Gasteiger partial charge on any atom is 0.242 e. The minimum atomic E-state index is -3.64. The summed E-state index contributed by atoms with van der Waals surface area (Å²) in [5.41, 5.74) is 6.36. The van der Waals surface area contributed by atoms with Crippen molar-refractivity contribution in [1.82, 2.24) is 10.0 Å². The van der Waals surface area contributed by atoms with Gasteiger partial charge in [0.05, 0.1) is 5.69 Å². The summed E-state index contributed by atoms with van der Waals surface area (Å²) in [6, 6.07) is 4.10. The smallest absolute Gasteiger partial charge is 0.242 e. The van der Waals surface area contributed by atoms with Crippen molar-refractivity contribution in [1.29, 1.82) is 0 Å². The number of nitrogens with two attached hydrogens (primary N) is 1. The van der Waals surface area contributed by atoms with Gasteiger partial charge in [-0.3, -0.25) is 4.79 Å². The Hall–Kier alpha value is -1.80. The van der Waals surface area contributed by atoms with Crippen molar-refractivity contribution >= 4 is 27.3 Å². The van der Waals surface area contributed by atoms with E-state index in [4.69, 9.17) is 5.73 Å². The molecule has 1 aliphatic heterocycles. The van der Waals surface area contributed by atoms with Crippen LogP contribution in [-0.2, 0) is 14.8 Å². The molecule has 0 aliphatic carbocycles. The largest absolute Gasteiger partial charge is 0.399 e. The number of nitrogens with one attached hydrogen (secondary N) is 3. The molecule has 1 aliphatic rings. The summed E-state index contributed by atoms with van der Waals surface area (Å²) in [4.78, 5) is 11.8. The van der Waals surface area contributed by atoms with Crippen LogP contribution in [0.2, 0.25) is 0 Å². The van der Waals surface area contributed by atoms with E-state index in [2.05, 4.69) is 15.4 Å². The minimum Gasteiger partial charge on any atom is -0.399 e. The van der Waals surface area contributed by atoms with E-state index in [1.54, 1.807) is 12.1 Å². The molecule has 1 saturated heterocycles. The molecule has 8 heteroatoms. The number of nitrogen functional groups attached to an aromatic ring is 1. The van der Waals surface area contributed by atoms with Gasteiger partial charge in [-0.2, -0.15) is 0 Å². The Balaban J connectivity index is 2.34. The third-order valence-corrected chi connectivity index (χ3v) is 4.63. The predicted octanol–water partition coefficient (Wildman–Crippen LogP) is -0.133. The van der Waals surface area contributed by atoms with Crippen LogP contribution in [0.5, 0.6) is 0 Å². The van der Waals surface area contributed by atoms with Gasteiger partial charge in [0.25, 0.3) is 0 Å². The van der Waals surface area contributed by atoms with Gasteiger partial charge in [0.2, 0.25) is 15.9 Å². The van der Waals surface area contributed by atoms with Gasteiger partial charge in [-0.1, -0.05) is 0 Å². The van der Waals surface area contributed by atoms with Crippen LogP contribution in [0.4, 0.5) is 11.4 Å². The molecule has 1 aromatic rings. The SMILES string of the molecule is CNS(=O)(=O)c1cc(N)ccc1NC1CCCNC1=O. The Kier molecular flexibility index (Phi) is 4.15. The number of piperidine rings is 1. The van der Waals surface area contributed by atoms with Crippen LogP contribution in [-0.4, -0.2) is 34.0 Å². The van der Waals surface area contributed by atoms with Crippen LogP contribution in [0.3, 0.4) is 0 Å². The van der Waals surface area contributed by atoms with Gasteiger partial charge >= 0.3 is 0 Å². The zero-order chi connectivity index (χ0) is 14.8. The molecule has 2 rings (SSSR count). The molecule has 1 amide bonds. The van der Waals surface area contributed by atoms with Gasteiger partial charge in [0, 0.05) is 12.2 Å². The molecular formula is C12H18N4O3S. The first-order valence-electron chi connectivity index (χ1n) is 6.31. The van der Waals surface area contributed by atoms with E-state index in [1.165, 1.54) is 13.1 Å². The minimum absolute atomic E-state index is 0.0402. The molecule has 7 nitrogen and oxygen atoms in total. The lowest BCUT2D eigenvalue weighted by Crippen LogP contribution is -2.44. The topological polar surface area (TPSA) is 113 Å². The first kappa shape index (κ1) is 14.6. The number of hydrogen-bond acceptors (Lipinski definition) is 5. The van der Waals surface area contributed by atoms with E-state index < -0.39 is 16.1 Å². The van der Waals surface area contributed by atoms with Gasteiger partial charge in [-0.25, -0.2) is 13.1 Å². The van der Waals surface area contributed by atoms with E-state index in [0.717, 1.165) is 6.42 Å². The van der Waals surface area contributed by atoms with Crippen molar-refractivity contribution < 1.29 is 13.2 Å². The molecule has 1 fully saturated rings. The predicted molar refractivity (Wildman–Crippen MR) is 76.8 cm³/mol. The molecule has 0 saturated carbocycles. The molecule has 0 aromatic heterocycles. The number of anilines is 2. The lowest BCUT2D eigenvalue weighted by atomic mass is 10.1. The molecular weight excluding hydrogens is 280 g/mol. The van der Waals surface area contributed by atoms with E-state index in [9.17, 15) is 13.2 Å². The summed E-state index contributed by atoms with van der Waals surface area (Å²) in [5, 5.41) is 5.72. The highest BCUT2D eigenvalue weighted by Gasteiger charge is 2.25. The number of carbonyl (C=O) groups is 1. The highest BCUT2D eigenvalue weighted by atomic mass is 32.2. The molecule has 1 aromatic carbocycles. The van der Waals surface area contributed by atoms with E-state index >= 15 is 0 Å². The van der Waals surface area contributed by atoms with Crippen LogP contribution < -0.4 is 21.1 Å². The Bertz CT molecular complexity index is 615. The summed E-state index contributed by atoms with van der Waals surface area (Å²) in [6.45, 7) is 0.653. The second-order valence-corrected chi connectivity index (χ2v) is 6.45. The van der Waals surface area contributed by atoms with Crippen LogP contribution in [0.1, 0.15) is 12.8 Å². The third-order valence-electron chi connectivity index (χ3n) is 3.18. The third kappa shape index (κ3) is 3.02. The summed E-state index contributed by atoms with van der Waals surface area (Å²) in [7, 11) is -2.31. The average molecular weight is 298 g/mol. The lowest BCUT2D eigenvalue weighted by molar-refractivity contribution is -0.123. The van der Waals surface area contributed by atoms with Crippen LogP contribution in [0.25, 0.3) is 0 Å². The van der Waals surface area contributed by atoms with Gasteiger partial charge in [-0.15, -0.1) is 0 Å². The normalized spacial score (nSPS) is 19.4. The van der Waals surface area contributed by atoms with Crippen molar-refractivity contribution in [2.45, 2.75) is 23.8 Å². The molecule has 110 valence electrons. The molecule has 0 spiro atoms. The fourth-order valence-electron chi connectivity index (χ4n) is 2.09. The summed E-state index contributed by atoms with van der Waals surface area (Å²) >= 11 is 0. The summed E-state index contributed by atoms with van der Waals surface area (Å²) in [6.07, 6.45) is 1.52. The van der Waals surface area contributed by atoms with E-state index in [-0.39, 0.29) is 10.8 Å². The highest BCUT2D eigenvalue weighted by Crippen LogP contribution is 2.25. The fourth-order valence-corrected chi connectivity index (χ4v) is 3.02. The number of amides is 1. The average Bonchev–Trinajstić information content (AvgIpc) is 2.43. The van der Waals surface area contributed by atoms with Crippen LogP contribution >= 0.6 is 0 Å². The highest BCUT2D eigenvalue weighted by molar-refractivity contribution is 7.89. The Morgan fingerprint density at radius 1 is 1.40 bits per heavy atom. The summed E-state index contributed by atoms with van der Waals surface area (Å²) < 4.78 is 26.2. The Morgan fingerprint density at radius 3 is 2.80 bits per heavy atom. The molecule has 0 bridgehead atoms. The fraction of sp³-hybridized carbons (Fsp3) is 0.417. The van der Waals surface area contributed by atoms with Crippen molar-refractivity contribution in [3.63, 3.8) is 0 Å². The zero-order valence-electron chi connectivity index (χ0n) is 11.1.